The smallest absolute Gasteiger partial charge is 0.0639 e. The minimum atomic E-state index is -1.08. The molecule has 2 heteroatoms. The van der Waals surface area contributed by atoms with Crippen LogP contribution in [0.25, 0.3) is 0 Å². The summed E-state index contributed by atoms with van der Waals surface area (Å²) < 4.78 is 0. The van der Waals surface area contributed by atoms with Crippen LogP contribution >= 0.6 is 0 Å². The highest BCUT2D eigenvalue weighted by Gasteiger charge is 2.54. The summed E-state index contributed by atoms with van der Waals surface area (Å²) in [5.74, 6) is 0.0272. The third kappa shape index (κ3) is 3.36. The van der Waals surface area contributed by atoms with Crippen LogP contribution in [0.15, 0.2) is 12.2 Å². The summed E-state index contributed by atoms with van der Waals surface area (Å²) >= 11 is 0. The normalized spacial score (nSPS) is 27.2. The molecule has 0 aromatic heterocycles. The topological polar surface area (TPSA) is 40.1 Å². The number of rotatable bonds is 7. The molecule has 0 aliphatic heterocycles. The number of carboxylic acids is 1. The van der Waals surface area contributed by atoms with Crippen LogP contribution in [0.1, 0.15) is 52.9 Å². The van der Waals surface area contributed by atoms with E-state index in [0.717, 1.165) is 0 Å². The lowest BCUT2D eigenvalue weighted by Gasteiger charge is -2.01. The second-order valence-corrected chi connectivity index (χ2v) is 5.48. The lowest BCUT2D eigenvalue weighted by molar-refractivity contribution is -0.297. The Labute approximate surface area is 98.7 Å². The molecular formula is C14H23O2-. The summed E-state index contributed by atoms with van der Waals surface area (Å²) in [6.45, 7) is 6.66. The Kier molecular flexibility index (Phi) is 4.57. The molecule has 0 radical (unpaired) electrons. The highest BCUT2D eigenvalue weighted by molar-refractivity contribution is 5.77. The van der Waals surface area contributed by atoms with E-state index < -0.39 is 5.97 Å². The van der Waals surface area contributed by atoms with Gasteiger partial charge in [0.2, 0.25) is 0 Å². The van der Waals surface area contributed by atoms with Crippen molar-refractivity contribution in [1.82, 2.24) is 0 Å². The number of unbranched alkanes of at least 4 members (excludes halogenated alkanes) is 3. The highest BCUT2D eigenvalue weighted by Crippen LogP contribution is 2.61. The zero-order valence-corrected chi connectivity index (χ0v) is 10.7. The van der Waals surface area contributed by atoms with Gasteiger partial charge in [0.15, 0.2) is 0 Å². The van der Waals surface area contributed by atoms with E-state index in [1.807, 2.05) is 6.08 Å². The fourth-order valence-corrected chi connectivity index (χ4v) is 2.69. The summed E-state index contributed by atoms with van der Waals surface area (Å²) in [6.07, 6.45) is 9.40. The lowest BCUT2D eigenvalue weighted by atomic mass is 10.0. The van der Waals surface area contributed by atoms with Crippen LogP contribution in [0.5, 0.6) is 0 Å². The number of carbonyl (C=O) groups is 1. The lowest BCUT2D eigenvalue weighted by Crippen LogP contribution is -2.18. The summed E-state index contributed by atoms with van der Waals surface area (Å²) in [7, 11) is 0. The molecule has 2 atom stereocenters. The van der Waals surface area contributed by atoms with Crippen molar-refractivity contribution in [3.8, 4) is 0 Å². The average molecular weight is 223 g/mol. The summed E-state index contributed by atoms with van der Waals surface area (Å²) in [4.78, 5) is 10.4. The monoisotopic (exact) mass is 223 g/mol. The van der Waals surface area contributed by atoms with Crippen LogP contribution in [0, 0.1) is 17.3 Å². The molecular weight excluding hydrogens is 200 g/mol. The Hall–Kier alpha value is -0.790. The average Bonchev–Trinajstić information content (AvgIpc) is 2.72. The van der Waals surface area contributed by atoms with Crippen molar-refractivity contribution in [2.24, 2.45) is 17.3 Å². The second kappa shape index (κ2) is 5.51. The Bertz CT molecular complexity index is 266. The molecule has 1 aliphatic rings. The molecule has 0 bridgehead atoms. The van der Waals surface area contributed by atoms with Gasteiger partial charge in [0.1, 0.15) is 0 Å². The standard InChI is InChI=1S/C14H24O2/c1-4-5-6-7-8-11-12(14(11,2)3)9-10-13(15)16/h9-12H,4-8H2,1-3H3,(H,15,16)/p-1/b10-9+. The Balaban J connectivity index is 2.30. The van der Waals surface area contributed by atoms with Gasteiger partial charge in [-0.1, -0.05) is 52.5 Å². The SMILES string of the molecule is CCCCCCC1C(/C=C/C(=O)[O-])C1(C)C. The minimum absolute atomic E-state index is 0.290. The van der Waals surface area contributed by atoms with Gasteiger partial charge in [-0.25, -0.2) is 0 Å². The number of carbonyl (C=O) groups excluding carboxylic acids is 1. The Morgan fingerprint density at radius 2 is 2.00 bits per heavy atom. The van der Waals surface area contributed by atoms with Crippen LogP contribution in [0.2, 0.25) is 0 Å². The molecule has 0 spiro atoms. The van der Waals surface area contributed by atoms with E-state index in [1.54, 1.807) is 0 Å². The van der Waals surface area contributed by atoms with E-state index >= 15 is 0 Å². The van der Waals surface area contributed by atoms with Gasteiger partial charge in [0.05, 0.1) is 5.97 Å². The molecule has 0 aromatic rings. The maximum atomic E-state index is 10.4. The zero-order chi connectivity index (χ0) is 12.2. The summed E-state index contributed by atoms with van der Waals surface area (Å²) in [5, 5.41) is 10.4. The molecule has 1 fully saturated rings. The van der Waals surface area contributed by atoms with Crippen molar-refractivity contribution >= 4 is 5.97 Å². The molecule has 2 nitrogen and oxygen atoms in total. The molecule has 1 rings (SSSR count). The molecule has 1 saturated carbocycles. The van der Waals surface area contributed by atoms with Crippen LogP contribution in [-0.4, -0.2) is 5.97 Å². The molecule has 0 heterocycles. The van der Waals surface area contributed by atoms with E-state index in [0.29, 0.717) is 11.8 Å². The van der Waals surface area contributed by atoms with Gasteiger partial charge in [-0.05, 0) is 29.7 Å². The Morgan fingerprint density at radius 3 is 2.56 bits per heavy atom. The maximum Gasteiger partial charge on any atom is 0.0639 e. The van der Waals surface area contributed by atoms with Gasteiger partial charge in [0, 0.05) is 0 Å². The van der Waals surface area contributed by atoms with Gasteiger partial charge >= 0.3 is 0 Å². The highest BCUT2D eigenvalue weighted by atomic mass is 16.4. The van der Waals surface area contributed by atoms with E-state index in [9.17, 15) is 9.90 Å². The fourth-order valence-electron chi connectivity index (χ4n) is 2.69. The van der Waals surface area contributed by atoms with Crippen molar-refractivity contribution in [3.05, 3.63) is 12.2 Å². The van der Waals surface area contributed by atoms with Crippen molar-refractivity contribution in [1.29, 1.82) is 0 Å². The van der Waals surface area contributed by atoms with E-state index in [2.05, 4.69) is 20.8 Å². The van der Waals surface area contributed by atoms with Gasteiger partial charge in [0.25, 0.3) is 0 Å². The molecule has 16 heavy (non-hydrogen) atoms. The number of carboxylic acid groups (broad SMARTS) is 1. The van der Waals surface area contributed by atoms with E-state index in [-0.39, 0.29) is 5.41 Å². The summed E-state index contributed by atoms with van der Waals surface area (Å²) in [5.41, 5.74) is 0.290. The van der Waals surface area contributed by atoms with E-state index in [1.165, 1.54) is 38.2 Å². The predicted octanol–water partition coefficient (Wildman–Crippen LogP) is 2.54. The fraction of sp³-hybridized carbons (Fsp3) is 0.786. The number of hydrogen-bond acceptors (Lipinski definition) is 2. The van der Waals surface area contributed by atoms with Crippen molar-refractivity contribution in [3.63, 3.8) is 0 Å². The number of aliphatic carboxylic acids is 1. The number of hydrogen-bond donors (Lipinski definition) is 0. The largest absolute Gasteiger partial charge is 0.545 e. The molecule has 0 aromatic carbocycles. The first kappa shape index (κ1) is 13.3. The Morgan fingerprint density at radius 1 is 1.31 bits per heavy atom. The molecule has 1 aliphatic carbocycles. The first-order chi connectivity index (χ1) is 7.50. The zero-order valence-electron chi connectivity index (χ0n) is 10.7. The number of allylic oxidation sites excluding steroid dienone is 1. The van der Waals surface area contributed by atoms with Gasteiger partial charge in [-0.15, -0.1) is 0 Å². The van der Waals surface area contributed by atoms with Crippen LogP contribution in [-0.2, 0) is 4.79 Å². The quantitative estimate of drug-likeness (QED) is 0.491. The third-order valence-corrected chi connectivity index (χ3v) is 3.95. The van der Waals surface area contributed by atoms with Crippen LogP contribution < -0.4 is 5.11 Å². The molecule has 92 valence electrons. The minimum Gasteiger partial charge on any atom is -0.545 e. The first-order valence-electron chi connectivity index (χ1n) is 6.39. The van der Waals surface area contributed by atoms with Crippen LogP contribution in [0.3, 0.4) is 0 Å². The third-order valence-electron chi connectivity index (χ3n) is 3.95. The van der Waals surface area contributed by atoms with Crippen molar-refractivity contribution < 1.29 is 9.90 Å². The molecule has 2 unspecified atom stereocenters. The van der Waals surface area contributed by atoms with Crippen LogP contribution in [0.4, 0.5) is 0 Å². The van der Waals surface area contributed by atoms with Gasteiger partial charge in [-0.3, -0.25) is 0 Å². The summed E-state index contributed by atoms with van der Waals surface area (Å²) in [6, 6.07) is 0. The maximum absolute atomic E-state index is 10.4. The first-order valence-corrected chi connectivity index (χ1v) is 6.39. The predicted molar refractivity (Wildman–Crippen MR) is 63.7 cm³/mol. The second-order valence-electron chi connectivity index (χ2n) is 5.48. The van der Waals surface area contributed by atoms with Gasteiger partial charge < -0.3 is 9.90 Å². The van der Waals surface area contributed by atoms with Crippen molar-refractivity contribution in [2.45, 2.75) is 52.9 Å². The molecule has 0 saturated heterocycles. The van der Waals surface area contributed by atoms with Gasteiger partial charge in [-0.2, -0.15) is 0 Å². The van der Waals surface area contributed by atoms with Crippen molar-refractivity contribution in [2.75, 3.05) is 0 Å². The van der Waals surface area contributed by atoms with E-state index in [4.69, 9.17) is 0 Å². The molecule has 0 amide bonds. The molecule has 0 N–H and O–H groups in total.